The summed E-state index contributed by atoms with van der Waals surface area (Å²) in [6, 6.07) is 21.6. The van der Waals surface area contributed by atoms with Crippen LogP contribution in [-0.4, -0.2) is 16.5 Å². The number of hydrogen-bond donors (Lipinski definition) is 1. The fourth-order valence-corrected chi connectivity index (χ4v) is 3.30. The Hall–Kier alpha value is -2.72. The molecule has 0 radical (unpaired) electrons. The minimum Gasteiger partial charge on any atom is -0.507 e. The van der Waals surface area contributed by atoms with E-state index in [1.165, 1.54) is 0 Å². The molecule has 0 atom stereocenters. The molecule has 128 valence electrons. The van der Waals surface area contributed by atoms with Crippen LogP contribution in [0.4, 0.5) is 11.4 Å². The summed E-state index contributed by atoms with van der Waals surface area (Å²) in [7, 11) is 0. The van der Waals surface area contributed by atoms with Crippen molar-refractivity contribution >= 4 is 38.7 Å². The molecule has 3 aromatic carbocycles. The molecule has 3 nitrogen and oxygen atoms in total. The highest BCUT2D eigenvalue weighted by molar-refractivity contribution is 9.10. The molecular formula is C22H17BrN2O. The van der Waals surface area contributed by atoms with E-state index in [-0.39, 0.29) is 5.75 Å². The minimum absolute atomic E-state index is 0.248. The number of phenols is 1. The fraction of sp³-hybridized carbons (Fsp3) is 0.0909. The third-order valence-corrected chi connectivity index (χ3v) is 4.90. The van der Waals surface area contributed by atoms with Crippen LogP contribution in [0.1, 0.15) is 23.1 Å². The Balaban J connectivity index is 1.87. The van der Waals surface area contributed by atoms with Gasteiger partial charge in [0.2, 0.25) is 0 Å². The van der Waals surface area contributed by atoms with Gasteiger partial charge in [-0.2, -0.15) is 0 Å². The number of aliphatic imine (C=N–C) groups is 2. The Bertz CT molecular complexity index is 1040. The van der Waals surface area contributed by atoms with Crippen molar-refractivity contribution in [2.24, 2.45) is 9.98 Å². The van der Waals surface area contributed by atoms with Crippen LogP contribution in [0.15, 0.2) is 81.2 Å². The van der Waals surface area contributed by atoms with Gasteiger partial charge in [-0.05, 0) is 54.4 Å². The summed E-state index contributed by atoms with van der Waals surface area (Å²) < 4.78 is 1.03. The second-order valence-electron chi connectivity index (χ2n) is 6.31. The van der Waals surface area contributed by atoms with E-state index < -0.39 is 0 Å². The molecule has 4 heteroatoms. The third kappa shape index (κ3) is 3.33. The Morgan fingerprint density at radius 1 is 0.846 bits per heavy atom. The molecule has 0 aliphatic carbocycles. The van der Waals surface area contributed by atoms with Gasteiger partial charge in [-0.3, -0.25) is 9.98 Å². The molecule has 0 spiro atoms. The van der Waals surface area contributed by atoms with Crippen LogP contribution in [-0.2, 0) is 0 Å². The van der Waals surface area contributed by atoms with Gasteiger partial charge in [0.05, 0.1) is 22.8 Å². The number of fused-ring (bicyclic) bond motifs is 1. The first-order chi connectivity index (χ1) is 12.6. The second-order valence-corrected chi connectivity index (χ2v) is 7.23. The fourth-order valence-electron chi connectivity index (χ4n) is 3.03. The van der Waals surface area contributed by atoms with E-state index in [0.29, 0.717) is 6.42 Å². The molecule has 0 amide bonds. The van der Waals surface area contributed by atoms with E-state index in [0.717, 1.165) is 44.0 Å². The summed E-state index contributed by atoms with van der Waals surface area (Å²) in [5, 5.41) is 10.4. The molecule has 0 saturated carbocycles. The quantitative estimate of drug-likeness (QED) is 0.550. The van der Waals surface area contributed by atoms with E-state index in [9.17, 15) is 5.11 Å². The van der Waals surface area contributed by atoms with Gasteiger partial charge in [-0.25, -0.2) is 0 Å². The number of nitrogens with zero attached hydrogens (tertiary/aromatic N) is 2. The summed E-state index contributed by atoms with van der Waals surface area (Å²) in [6.07, 6.45) is 0.549. The van der Waals surface area contributed by atoms with Crippen LogP contribution in [0.25, 0.3) is 0 Å². The largest absolute Gasteiger partial charge is 0.507 e. The number of benzene rings is 3. The number of hydrogen-bond acceptors (Lipinski definition) is 3. The maximum absolute atomic E-state index is 10.4. The molecule has 0 fully saturated rings. The van der Waals surface area contributed by atoms with E-state index in [2.05, 4.69) is 15.9 Å². The highest BCUT2D eigenvalue weighted by Gasteiger charge is 2.18. The zero-order chi connectivity index (χ0) is 18.1. The Morgan fingerprint density at radius 2 is 1.50 bits per heavy atom. The van der Waals surface area contributed by atoms with Crippen LogP contribution in [0, 0.1) is 6.92 Å². The maximum atomic E-state index is 10.4. The van der Waals surface area contributed by atoms with Crippen molar-refractivity contribution in [3.05, 3.63) is 87.9 Å². The average molecular weight is 405 g/mol. The summed E-state index contributed by atoms with van der Waals surface area (Å²) in [5.74, 6) is 0.248. The van der Waals surface area contributed by atoms with Crippen LogP contribution in [0.5, 0.6) is 5.75 Å². The number of aryl methyl sites for hydroxylation is 1. The lowest BCUT2D eigenvalue weighted by Gasteiger charge is -2.10. The molecular weight excluding hydrogens is 388 g/mol. The normalized spacial score (nSPS) is 13.5. The highest BCUT2D eigenvalue weighted by Crippen LogP contribution is 2.34. The number of halogens is 1. The molecule has 26 heavy (non-hydrogen) atoms. The van der Waals surface area contributed by atoms with Crippen molar-refractivity contribution in [3.8, 4) is 5.75 Å². The van der Waals surface area contributed by atoms with Gasteiger partial charge in [0.25, 0.3) is 0 Å². The Labute approximate surface area is 160 Å². The molecule has 0 aromatic heterocycles. The molecule has 0 saturated heterocycles. The van der Waals surface area contributed by atoms with Crippen molar-refractivity contribution in [2.75, 3.05) is 0 Å². The van der Waals surface area contributed by atoms with Gasteiger partial charge in [0.15, 0.2) is 0 Å². The smallest absolute Gasteiger partial charge is 0.124 e. The predicted molar refractivity (Wildman–Crippen MR) is 110 cm³/mol. The Morgan fingerprint density at radius 3 is 2.15 bits per heavy atom. The SMILES string of the molecule is Cc1ccc(C2=Nc3ccccc3N=C(c3ccc(Br)cc3)C2)c(O)c1. The average Bonchev–Trinajstić information content (AvgIpc) is 2.82. The highest BCUT2D eigenvalue weighted by atomic mass is 79.9. The van der Waals surface area contributed by atoms with Crippen molar-refractivity contribution < 1.29 is 5.11 Å². The maximum Gasteiger partial charge on any atom is 0.124 e. The number of rotatable bonds is 2. The van der Waals surface area contributed by atoms with Gasteiger partial charge < -0.3 is 5.11 Å². The number of aromatic hydroxyl groups is 1. The molecule has 0 unspecified atom stereocenters. The second kappa shape index (κ2) is 6.89. The number of para-hydroxylation sites is 2. The Kier molecular flexibility index (Phi) is 4.43. The molecule has 4 rings (SSSR count). The van der Waals surface area contributed by atoms with Gasteiger partial charge in [0, 0.05) is 16.5 Å². The lowest BCUT2D eigenvalue weighted by molar-refractivity contribution is 0.473. The van der Waals surface area contributed by atoms with Crippen LogP contribution >= 0.6 is 15.9 Å². The summed E-state index contributed by atoms with van der Waals surface area (Å²) >= 11 is 3.48. The predicted octanol–water partition coefficient (Wildman–Crippen LogP) is 6.11. The first-order valence-corrected chi connectivity index (χ1v) is 9.19. The van der Waals surface area contributed by atoms with E-state index in [1.54, 1.807) is 6.07 Å². The molecule has 1 aliphatic rings. The lowest BCUT2D eigenvalue weighted by atomic mass is 9.98. The van der Waals surface area contributed by atoms with Crippen molar-refractivity contribution in [2.45, 2.75) is 13.3 Å². The number of phenolic OH excluding ortho intramolecular Hbond substituents is 1. The molecule has 1 N–H and O–H groups in total. The van der Waals surface area contributed by atoms with Crippen molar-refractivity contribution in [1.82, 2.24) is 0 Å². The zero-order valence-electron chi connectivity index (χ0n) is 14.3. The summed E-state index contributed by atoms with van der Waals surface area (Å²) in [4.78, 5) is 9.69. The van der Waals surface area contributed by atoms with E-state index in [4.69, 9.17) is 9.98 Å². The van der Waals surface area contributed by atoms with Gasteiger partial charge in [0.1, 0.15) is 5.75 Å². The molecule has 1 aliphatic heterocycles. The van der Waals surface area contributed by atoms with Crippen molar-refractivity contribution in [1.29, 1.82) is 0 Å². The van der Waals surface area contributed by atoms with Gasteiger partial charge in [-0.1, -0.05) is 46.3 Å². The molecule has 1 heterocycles. The van der Waals surface area contributed by atoms with Crippen molar-refractivity contribution in [3.63, 3.8) is 0 Å². The lowest BCUT2D eigenvalue weighted by Crippen LogP contribution is -2.10. The van der Waals surface area contributed by atoms with E-state index in [1.807, 2.05) is 67.6 Å². The van der Waals surface area contributed by atoms with Crippen LogP contribution in [0.3, 0.4) is 0 Å². The molecule has 0 bridgehead atoms. The topological polar surface area (TPSA) is 45.0 Å². The first-order valence-electron chi connectivity index (χ1n) is 8.40. The standard InChI is InChI=1S/C22H17BrN2O/c1-14-6-11-17(22(26)12-14)21-13-20(15-7-9-16(23)10-8-15)24-18-4-2-3-5-19(18)25-21/h2-12,26H,13H2,1H3. The summed E-state index contributed by atoms with van der Waals surface area (Å²) in [6.45, 7) is 1.96. The van der Waals surface area contributed by atoms with Gasteiger partial charge in [-0.15, -0.1) is 0 Å². The van der Waals surface area contributed by atoms with Crippen LogP contribution < -0.4 is 0 Å². The summed E-state index contributed by atoms with van der Waals surface area (Å²) in [5.41, 5.74) is 6.21. The third-order valence-electron chi connectivity index (χ3n) is 4.37. The van der Waals surface area contributed by atoms with Gasteiger partial charge >= 0.3 is 0 Å². The van der Waals surface area contributed by atoms with Crippen LogP contribution in [0.2, 0.25) is 0 Å². The monoisotopic (exact) mass is 404 g/mol. The van der Waals surface area contributed by atoms with E-state index >= 15 is 0 Å². The first kappa shape index (κ1) is 16.7. The zero-order valence-corrected chi connectivity index (χ0v) is 15.9. The minimum atomic E-state index is 0.248. The molecule has 3 aromatic rings.